The van der Waals surface area contributed by atoms with Gasteiger partial charge in [0.05, 0.1) is 0 Å². The molecule has 3 heteroatoms. The van der Waals surface area contributed by atoms with Crippen LogP contribution in [-0.4, -0.2) is 17.8 Å². The summed E-state index contributed by atoms with van der Waals surface area (Å²) in [6.07, 6.45) is 3.57. The van der Waals surface area contributed by atoms with Crippen molar-refractivity contribution >= 4 is 11.8 Å². The number of nitrogens with one attached hydrogen (secondary N) is 1. The van der Waals surface area contributed by atoms with Crippen molar-refractivity contribution in [3.63, 3.8) is 0 Å². The monoisotopic (exact) mass is 267 g/mol. The predicted molar refractivity (Wildman–Crippen MR) is 76.5 cm³/mol. The van der Waals surface area contributed by atoms with E-state index in [-0.39, 0.29) is 5.82 Å². The Labute approximate surface area is 114 Å². The largest absolute Gasteiger partial charge is 0.314 e. The zero-order valence-corrected chi connectivity index (χ0v) is 12.0. The van der Waals surface area contributed by atoms with Crippen LogP contribution in [0.15, 0.2) is 29.2 Å². The van der Waals surface area contributed by atoms with Gasteiger partial charge in [-0.1, -0.05) is 26.0 Å². The summed E-state index contributed by atoms with van der Waals surface area (Å²) < 4.78 is 13.6. The Morgan fingerprint density at radius 1 is 1.33 bits per heavy atom. The Kier molecular flexibility index (Phi) is 5.07. The molecule has 0 aliphatic heterocycles. The molecule has 0 aromatic heterocycles. The van der Waals surface area contributed by atoms with Gasteiger partial charge in [0.15, 0.2) is 0 Å². The van der Waals surface area contributed by atoms with Crippen LogP contribution in [0.4, 0.5) is 4.39 Å². The predicted octanol–water partition coefficient (Wildman–Crippen LogP) is 4.08. The highest BCUT2D eigenvalue weighted by Crippen LogP contribution is 2.39. The van der Waals surface area contributed by atoms with Crippen LogP contribution in [-0.2, 0) is 0 Å². The number of benzene rings is 1. The lowest BCUT2D eigenvalue weighted by Gasteiger charge is -2.21. The van der Waals surface area contributed by atoms with Gasteiger partial charge in [-0.3, -0.25) is 0 Å². The molecule has 3 atom stereocenters. The van der Waals surface area contributed by atoms with Gasteiger partial charge in [0.2, 0.25) is 0 Å². The summed E-state index contributed by atoms with van der Waals surface area (Å²) in [5.74, 6) is 0.529. The van der Waals surface area contributed by atoms with E-state index in [4.69, 9.17) is 0 Å². The molecular formula is C15H22FNS. The van der Waals surface area contributed by atoms with E-state index in [1.54, 1.807) is 23.9 Å². The second kappa shape index (κ2) is 6.58. The molecule has 0 amide bonds. The van der Waals surface area contributed by atoms with Gasteiger partial charge in [-0.05, 0) is 43.9 Å². The Bertz CT molecular complexity index is 383. The molecular weight excluding hydrogens is 245 g/mol. The van der Waals surface area contributed by atoms with Crippen molar-refractivity contribution in [2.45, 2.75) is 49.3 Å². The van der Waals surface area contributed by atoms with Crippen LogP contribution in [0.25, 0.3) is 0 Å². The summed E-state index contributed by atoms with van der Waals surface area (Å²) in [5, 5.41) is 4.14. The van der Waals surface area contributed by atoms with Gasteiger partial charge in [0.1, 0.15) is 5.82 Å². The van der Waals surface area contributed by atoms with Crippen molar-refractivity contribution < 1.29 is 4.39 Å². The first-order valence-electron chi connectivity index (χ1n) is 6.87. The van der Waals surface area contributed by atoms with Gasteiger partial charge in [-0.15, -0.1) is 11.8 Å². The van der Waals surface area contributed by atoms with Crippen molar-refractivity contribution in [3.8, 4) is 0 Å². The third kappa shape index (κ3) is 3.27. The molecule has 18 heavy (non-hydrogen) atoms. The molecule has 3 unspecified atom stereocenters. The topological polar surface area (TPSA) is 12.0 Å². The lowest BCUT2D eigenvalue weighted by atomic mass is 10.1. The van der Waals surface area contributed by atoms with E-state index in [1.807, 2.05) is 12.1 Å². The number of hydrogen-bond acceptors (Lipinski definition) is 2. The third-order valence-corrected chi connectivity index (χ3v) is 5.31. The standard InChI is InChI=1S/C15H22FNS/c1-3-10-17-13-8-9-14(11(13)2)18-15-7-5-4-6-12(15)16/h4-7,11,13-14,17H,3,8-10H2,1-2H3. The minimum absolute atomic E-state index is 0.0836. The Morgan fingerprint density at radius 2 is 2.11 bits per heavy atom. The highest BCUT2D eigenvalue weighted by atomic mass is 32.2. The van der Waals surface area contributed by atoms with Crippen LogP contribution in [0.1, 0.15) is 33.1 Å². The van der Waals surface area contributed by atoms with Gasteiger partial charge >= 0.3 is 0 Å². The van der Waals surface area contributed by atoms with E-state index < -0.39 is 0 Å². The fourth-order valence-corrected chi connectivity index (χ4v) is 3.94. The summed E-state index contributed by atoms with van der Waals surface area (Å²) in [6, 6.07) is 7.71. The molecule has 2 rings (SSSR count). The van der Waals surface area contributed by atoms with Crippen LogP contribution in [0.2, 0.25) is 0 Å². The molecule has 1 aliphatic rings. The second-order valence-corrected chi connectivity index (χ2v) is 6.36. The normalized spacial score (nSPS) is 27.6. The molecule has 0 heterocycles. The smallest absolute Gasteiger partial charge is 0.136 e. The molecule has 0 radical (unpaired) electrons. The quantitative estimate of drug-likeness (QED) is 0.862. The van der Waals surface area contributed by atoms with Crippen LogP contribution in [0, 0.1) is 11.7 Å². The van der Waals surface area contributed by atoms with Crippen LogP contribution < -0.4 is 5.32 Å². The molecule has 1 aromatic carbocycles. The molecule has 0 saturated heterocycles. The fourth-order valence-electron chi connectivity index (χ4n) is 2.62. The summed E-state index contributed by atoms with van der Waals surface area (Å²) in [4.78, 5) is 0.797. The third-order valence-electron chi connectivity index (χ3n) is 3.75. The van der Waals surface area contributed by atoms with Crippen LogP contribution >= 0.6 is 11.8 Å². The average molecular weight is 267 g/mol. The number of hydrogen-bond donors (Lipinski definition) is 1. The molecule has 1 fully saturated rings. The second-order valence-electron chi connectivity index (χ2n) is 5.08. The Morgan fingerprint density at radius 3 is 2.83 bits per heavy atom. The van der Waals surface area contributed by atoms with Crippen molar-refractivity contribution in [2.24, 2.45) is 5.92 Å². The minimum atomic E-state index is -0.0836. The molecule has 1 nitrogen and oxygen atoms in total. The van der Waals surface area contributed by atoms with Crippen LogP contribution in [0.5, 0.6) is 0 Å². The van der Waals surface area contributed by atoms with Crippen molar-refractivity contribution in [2.75, 3.05) is 6.54 Å². The van der Waals surface area contributed by atoms with Gasteiger partial charge < -0.3 is 5.32 Å². The van der Waals surface area contributed by atoms with Gasteiger partial charge in [-0.25, -0.2) is 4.39 Å². The molecule has 1 N–H and O–H groups in total. The SMILES string of the molecule is CCCNC1CCC(Sc2ccccc2F)C1C. The Balaban J connectivity index is 1.93. The fraction of sp³-hybridized carbons (Fsp3) is 0.600. The first-order chi connectivity index (χ1) is 8.72. The van der Waals surface area contributed by atoms with E-state index in [2.05, 4.69) is 19.2 Å². The average Bonchev–Trinajstić information content (AvgIpc) is 2.71. The van der Waals surface area contributed by atoms with Gasteiger partial charge in [0, 0.05) is 16.2 Å². The summed E-state index contributed by atoms with van der Waals surface area (Å²) in [6.45, 7) is 5.57. The van der Waals surface area contributed by atoms with E-state index in [1.165, 1.54) is 19.3 Å². The van der Waals surface area contributed by atoms with Gasteiger partial charge in [0.25, 0.3) is 0 Å². The Hall–Kier alpha value is -0.540. The van der Waals surface area contributed by atoms with Crippen LogP contribution in [0.3, 0.4) is 0 Å². The van der Waals surface area contributed by atoms with Crippen molar-refractivity contribution in [1.29, 1.82) is 0 Å². The zero-order chi connectivity index (χ0) is 13.0. The molecule has 1 aliphatic carbocycles. The number of rotatable bonds is 5. The molecule has 100 valence electrons. The minimum Gasteiger partial charge on any atom is -0.314 e. The van der Waals surface area contributed by atoms with E-state index in [0.29, 0.717) is 17.2 Å². The summed E-state index contributed by atoms with van der Waals surface area (Å²) >= 11 is 1.71. The maximum atomic E-state index is 13.6. The first-order valence-corrected chi connectivity index (χ1v) is 7.75. The highest BCUT2D eigenvalue weighted by molar-refractivity contribution is 8.00. The highest BCUT2D eigenvalue weighted by Gasteiger charge is 2.33. The zero-order valence-electron chi connectivity index (χ0n) is 11.2. The maximum Gasteiger partial charge on any atom is 0.136 e. The molecule has 0 spiro atoms. The molecule has 0 bridgehead atoms. The molecule has 1 saturated carbocycles. The summed E-state index contributed by atoms with van der Waals surface area (Å²) in [5.41, 5.74) is 0. The first kappa shape index (κ1) is 13.9. The summed E-state index contributed by atoms with van der Waals surface area (Å²) in [7, 11) is 0. The van der Waals surface area contributed by atoms with E-state index in [0.717, 1.165) is 11.4 Å². The van der Waals surface area contributed by atoms with Crippen molar-refractivity contribution in [3.05, 3.63) is 30.1 Å². The van der Waals surface area contributed by atoms with E-state index in [9.17, 15) is 4.39 Å². The molecule has 1 aromatic rings. The maximum absolute atomic E-state index is 13.6. The lowest BCUT2D eigenvalue weighted by Crippen LogP contribution is -2.33. The van der Waals surface area contributed by atoms with E-state index >= 15 is 0 Å². The number of halogens is 1. The lowest BCUT2D eigenvalue weighted by molar-refractivity contribution is 0.431. The number of thioether (sulfide) groups is 1. The van der Waals surface area contributed by atoms with Crippen molar-refractivity contribution in [1.82, 2.24) is 5.32 Å². The van der Waals surface area contributed by atoms with Gasteiger partial charge in [-0.2, -0.15) is 0 Å².